The first kappa shape index (κ1) is 11.2. The van der Waals surface area contributed by atoms with Gasteiger partial charge in [0.05, 0.1) is 5.69 Å². The maximum absolute atomic E-state index is 4.48. The summed E-state index contributed by atoms with van der Waals surface area (Å²) in [5.41, 5.74) is 4.02. The van der Waals surface area contributed by atoms with E-state index in [1.54, 1.807) is 0 Å². The summed E-state index contributed by atoms with van der Waals surface area (Å²) in [6.07, 6.45) is 5.81. The molecule has 19 heavy (non-hydrogen) atoms. The minimum Gasteiger partial charge on any atom is -0.316 e. The van der Waals surface area contributed by atoms with Crippen LogP contribution >= 0.6 is 0 Å². The van der Waals surface area contributed by atoms with Crippen LogP contribution in [0.4, 0.5) is 0 Å². The zero-order valence-electron chi connectivity index (χ0n) is 11.0. The van der Waals surface area contributed by atoms with E-state index in [1.807, 2.05) is 6.20 Å². The molecule has 1 aromatic carbocycles. The Bertz CT molecular complexity index is 560. The fourth-order valence-corrected chi connectivity index (χ4v) is 3.04. The SMILES string of the molecule is c1cc(C2CC2)n(-c2ccc(C3CCNC3)cc2)n1. The minimum absolute atomic E-state index is 0.689. The molecule has 0 radical (unpaired) electrons. The van der Waals surface area contributed by atoms with Crippen LogP contribution in [0.15, 0.2) is 36.5 Å². The van der Waals surface area contributed by atoms with Crippen LogP contribution in [0.5, 0.6) is 0 Å². The van der Waals surface area contributed by atoms with Gasteiger partial charge in [0.25, 0.3) is 0 Å². The van der Waals surface area contributed by atoms with Crippen molar-refractivity contribution in [3.63, 3.8) is 0 Å². The molecule has 3 nitrogen and oxygen atoms in total. The van der Waals surface area contributed by atoms with Gasteiger partial charge in [-0.3, -0.25) is 0 Å². The molecule has 0 amide bonds. The summed E-state index contributed by atoms with van der Waals surface area (Å²) in [6.45, 7) is 2.27. The molecule has 1 unspecified atom stereocenters. The molecule has 3 heteroatoms. The van der Waals surface area contributed by atoms with E-state index in [4.69, 9.17) is 0 Å². The van der Waals surface area contributed by atoms with Crippen LogP contribution in [0.1, 0.15) is 42.4 Å². The molecule has 1 saturated carbocycles. The Labute approximate surface area is 113 Å². The van der Waals surface area contributed by atoms with Crippen LogP contribution in [0, 0.1) is 0 Å². The van der Waals surface area contributed by atoms with E-state index in [9.17, 15) is 0 Å². The van der Waals surface area contributed by atoms with Gasteiger partial charge in [0.2, 0.25) is 0 Å². The van der Waals surface area contributed by atoms with Crippen molar-refractivity contribution in [2.45, 2.75) is 31.1 Å². The molecular weight excluding hydrogens is 234 g/mol. The van der Waals surface area contributed by atoms with Crippen molar-refractivity contribution in [1.29, 1.82) is 0 Å². The number of nitrogens with zero attached hydrogens (tertiary/aromatic N) is 2. The monoisotopic (exact) mass is 253 g/mol. The summed E-state index contributed by atoms with van der Waals surface area (Å²) in [4.78, 5) is 0. The highest BCUT2D eigenvalue weighted by molar-refractivity contribution is 5.38. The second-order valence-corrected chi connectivity index (χ2v) is 5.72. The number of hydrogen-bond acceptors (Lipinski definition) is 2. The fraction of sp³-hybridized carbons (Fsp3) is 0.438. The number of rotatable bonds is 3. The van der Waals surface area contributed by atoms with Crippen LogP contribution in [-0.2, 0) is 0 Å². The Morgan fingerprint density at radius 1 is 1.00 bits per heavy atom. The van der Waals surface area contributed by atoms with Crippen molar-refractivity contribution < 1.29 is 0 Å². The normalized spacial score (nSPS) is 22.8. The zero-order valence-corrected chi connectivity index (χ0v) is 11.0. The molecule has 1 atom stereocenters. The topological polar surface area (TPSA) is 29.9 Å². The second-order valence-electron chi connectivity index (χ2n) is 5.72. The van der Waals surface area contributed by atoms with Gasteiger partial charge in [0.1, 0.15) is 0 Å². The largest absolute Gasteiger partial charge is 0.316 e. The summed E-state index contributed by atoms with van der Waals surface area (Å²) < 4.78 is 2.11. The molecule has 0 spiro atoms. The quantitative estimate of drug-likeness (QED) is 0.911. The van der Waals surface area contributed by atoms with E-state index in [-0.39, 0.29) is 0 Å². The predicted octanol–water partition coefficient (Wildman–Crippen LogP) is 2.83. The third-order valence-electron chi connectivity index (χ3n) is 4.34. The van der Waals surface area contributed by atoms with Crippen molar-refractivity contribution in [2.24, 2.45) is 0 Å². The molecule has 1 aliphatic heterocycles. The van der Waals surface area contributed by atoms with E-state index >= 15 is 0 Å². The lowest BCUT2D eigenvalue weighted by Crippen LogP contribution is -2.08. The van der Waals surface area contributed by atoms with Gasteiger partial charge in [-0.2, -0.15) is 5.10 Å². The smallest absolute Gasteiger partial charge is 0.0649 e. The van der Waals surface area contributed by atoms with Gasteiger partial charge in [0, 0.05) is 24.4 Å². The van der Waals surface area contributed by atoms with Crippen molar-refractivity contribution in [3.8, 4) is 5.69 Å². The summed E-state index contributed by atoms with van der Waals surface area (Å²) in [7, 11) is 0. The number of hydrogen-bond donors (Lipinski definition) is 1. The van der Waals surface area contributed by atoms with Crippen molar-refractivity contribution in [2.75, 3.05) is 13.1 Å². The van der Waals surface area contributed by atoms with Gasteiger partial charge in [-0.15, -0.1) is 0 Å². The lowest BCUT2D eigenvalue weighted by molar-refractivity contribution is 0.760. The van der Waals surface area contributed by atoms with Gasteiger partial charge in [-0.1, -0.05) is 12.1 Å². The Hall–Kier alpha value is -1.61. The summed E-state index contributed by atoms with van der Waals surface area (Å²) in [6, 6.07) is 11.1. The van der Waals surface area contributed by atoms with Gasteiger partial charge in [0.15, 0.2) is 0 Å². The Balaban J connectivity index is 1.62. The molecule has 1 saturated heterocycles. The van der Waals surface area contributed by atoms with E-state index in [0.29, 0.717) is 5.92 Å². The lowest BCUT2D eigenvalue weighted by Gasteiger charge is -2.11. The first-order chi connectivity index (χ1) is 9.42. The average molecular weight is 253 g/mol. The molecule has 2 aromatic rings. The zero-order chi connectivity index (χ0) is 12.7. The highest BCUT2D eigenvalue weighted by atomic mass is 15.3. The van der Waals surface area contributed by atoms with Gasteiger partial charge in [-0.25, -0.2) is 4.68 Å². The van der Waals surface area contributed by atoms with Gasteiger partial charge < -0.3 is 5.32 Å². The van der Waals surface area contributed by atoms with E-state index in [2.05, 4.69) is 45.4 Å². The highest BCUT2D eigenvalue weighted by Gasteiger charge is 2.27. The molecule has 2 heterocycles. The van der Waals surface area contributed by atoms with Gasteiger partial charge >= 0.3 is 0 Å². The molecule has 0 bridgehead atoms. The Morgan fingerprint density at radius 2 is 1.84 bits per heavy atom. The summed E-state index contributed by atoms with van der Waals surface area (Å²) >= 11 is 0. The fourth-order valence-electron chi connectivity index (χ4n) is 3.04. The van der Waals surface area contributed by atoms with Crippen LogP contribution in [-0.4, -0.2) is 22.9 Å². The molecule has 1 N–H and O–H groups in total. The molecule has 4 rings (SSSR count). The molecular formula is C16H19N3. The predicted molar refractivity (Wildman–Crippen MR) is 75.8 cm³/mol. The Kier molecular flexibility index (Phi) is 2.66. The third kappa shape index (κ3) is 2.08. The molecule has 2 aliphatic rings. The van der Waals surface area contributed by atoms with E-state index in [1.165, 1.54) is 36.2 Å². The highest BCUT2D eigenvalue weighted by Crippen LogP contribution is 2.40. The van der Waals surface area contributed by atoms with E-state index in [0.717, 1.165) is 19.0 Å². The molecule has 98 valence electrons. The van der Waals surface area contributed by atoms with Crippen molar-refractivity contribution >= 4 is 0 Å². The van der Waals surface area contributed by atoms with Gasteiger partial charge in [-0.05, 0) is 55.5 Å². The summed E-state index contributed by atoms with van der Waals surface area (Å²) in [5, 5.41) is 7.91. The number of nitrogens with one attached hydrogen (secondary N) is 1. The second kappa shape index (κ2) is 4.49. The van der Waals surface area contributed by atoms with Crippen LogP contribution in [0.3, 0.4) is 0 Å². The molecule has 1 aromatic heterocycles. The van der Waals surface area contributed by atoms with Crippen molar-refractivity contribution in [3.05, 3.63) is 47.8 Å². The minimum atomic E-state index is 0.689. The number of benzene rings is 1. The van der Waals surface area contributed by atoms with Crippen molar-refractivity contribution in [1.82, 2.24) is 15.1 Å². The van der Waals surface area contributed by atoms with Crippen LogP contribution < -0.4 is 5.32 Å². The average Bonchev–Trinajstić information content (AvgIpc) is 2.96. The lowest BCUT2D eigenvalue weighted by atomic mass is 9.98. The maximum Gasteiger partial charge on any atom is 0.0649 e. The standard InChI is InChI=1S/C16H19N3/c1-2-13(1)16-8-10-18-19(16)15-5-3-12(4-6-15)14-7-9-17-11-14/h3-6,8,10,13-14,17H,1-2,7,9,11H2. The first-order valence-electron chi connectivity index (χ1n) is 7.27. The summed E-state index contributed by atoms with van der Waals surface area (Å²) in [5.74, 6) is 1.43. The van der Waals surface area contributed by atoms with Crippen LogP contribution in [0.25, 0.3) is 5.69 Å². The third-order valence-corrected chi connectivity index (χ3v) is 4.34. The first-order valence-corrected chi connectivity index (χ1v) is 7.27. The molecule has 1 aliphatic carbocycles. The Morgan fingerprint density at radius 3 is 2.53 bits per heavy atom. The molecule has 2 fully saturated rings. The van der Waals surface area contributed by atoms with E-state index < -0.39 is 0 Å². The number of aromatic nitrogens is 2. The van der Waals surface area contributed by atoms with Crippen LogP contribution in [0.2, 0.25) is 0 Å². The maximum atomic E-state index is 4.48.